The molecule has 1 N–H and O–H groups in total. The summed E-state index contributed by atoms with van der Waals surface area (Å²) < 4.78 is 34.5. The molecule has 0 fully saturated rings. The van der Waals surface area contributed by atoms with Crippen LogP contribution in [0.15, 0.2) is 71.6 Å². The molecule has 0 aliphatic heterocycles. The molecule has 41 heavy (non-hydrogen) atoms. The van der Waals surface area contributed by atoms with E-state index >= 15 is 0 Å². The Morgan fingerprint density at radius 2 is 1.56 bits per heavy atom. The summed E-state index contributed by atoms with van der Waals surface area (Å²) in [7, 11) is -2.86. The van der Waals surface area contributed by atoms with Gasteiger partial charge in [-0.25, -0.2) is 8.42 Å². The number of rotatable bonds is 12. The van der Waals surface area contributed by atoms with E-state index in [2.05, 4.69) is 5.32 Å². The highest BCUT2D eigenvalue weighted by atomic mass is 35.5. The first-order valence-corrected chi connectivity index (χ1v) is 15.3. The highest BCUT2D eigenvalue weighted by Crippen LogP contribution is 2.35. The summed E-state index contributed by atoms with van der Waals surface area (Å²) in [5.41, 5.74) is 1.69. The van der Waals surface area contributed by atoms with Gasteiger partial charge in [-0.05, 0) is 75.2 Å². The normalized spacial score (nSPS) is 12.8. The Bertz CT molecular complexity index is 1460. The van der Waals surface area contributed by atoms with Crippen molar-refractivity contribution in [2.75, 3.05) is 18.0 Å². The van der Waals surface area contributed by atoms with Crippen LogP contribution >= 0.6 is 23.2 Å². The summed E-state index contributed by atoms with van der Waals surface area (Å²) >= 11 is 12.3. The van der Waals surface area contributed by atoms with Gasteiger partial charge >= 0.3 is 0 Å². The van der Waals surface area contributed by atoms with Crippen molar-refractivity contribution in [1.29, 1.82) is 0 Å². The fraction of sp³-hybridized carbons (Fsp3) is 0.333. The number of amides is 2. The van der Waals surface area contributed by atoms with E-state index in [1.165, 1.54) is 36.3 Å². The van der Waals surface area contributed by atoms with Crippen molar-refractivity contribution in [2.45, 2.75) is 57.6 Å². The number of hydrogen-bond acceptors (Lipinski definition) is 5. The third kappa shape index (κ3) is 8.15. The zero-order valence-corrected chi connectivity index (χ0v) is 26.1. The van der Waals surface area contributed by atoms with Crippen molar-refractivity contribution in [3.63, 3.8) is 0 Å². The number of nitrogens with zero attached hydrogens (tertiary/aromatic N) is 2. The summed E-state index contributed by atoms with van der Waals surface area (Å²) in [4.78, 5) is 28.6. The number of carbonyl (C=O) groups excluding carboxylic acids is 2. The second-order valence-electron chi connectivity index (χ2n) is 9.78. The summed E-state index contributed by atoms with van der Waals surface area (Å²) in [6.45, 7) is 6.72. The monoisotopic (exact) mass is 619 g/mol. The minimum Gasteiger partial charge on any atom is -0.495 e. The van der Waals surface area contributed by atoms with Crippen LogP contribution in [-0.2, 0) is 26.2 Å². The Hall–Kier alpha value is -3.27. The van der Waals surface area contributed by atoms with Crippen molar-refractivity contribution < 1.29 is 22.7 Å². The van der Waals surface area contributed by atoms with Gasteiger partial charge in [0.1, 0.15) is 18.3 Å². The number of sulfonamides is 1. The van der Waals surface area contributed by atoms with Crippen LogP contribution in [0.4, 0.5) is 5.69 Å². The summed E-state index contributed by atoms with van der Waals surface area (Å²) in [6, 6.07) is 16.7. The molecule has 0 saturated carbocycles. The van der Waals surface area contributed by atoms with Crippen LogP contribution < -0.4 is 14.4 Å². The molecule has 3 rings (SSSR count). The molecule has 0 spiro atoms. The maximum atomic E-state index is 14.1. The average molecular weight is 621 g/mol. The second-order valence-corrected chi connectivity index (χ2v) is 12.5. The molecule has 0 aliphatic rings. The Kier molecular flexibility index (Phi) is 11.1. The summed E-state index contributed by atoms with van der Waals surface area (Å²) in [6.07, 6.45) is 0.709. The van der Waals surface area contributed by atoms with Crippen LogP contribution in [0.25, 0.3) is 0 Å². The van der Waals surface area contributed by atoms with Gasteiger partial charge < -0.3 is 15.0 Å². The number of anilines is 1. The van der Waals surface area contributed by atoms with Gasteiger partial charge in [0.2, 0.25) is 11.8 Å². The highest BCUT2D eigenvalue weighted by Gasteiger charge is 2.34. The second kappa shape index (κ2) is 14.1. The number of carbonyl (C=O) groups is 2. The highest BCUT2D eigenvalue weighted by molar-refractivity contribution is 7.92. The molecular formula is C30H35Cl2N3O5S. The molecule has 0 radical (unpaired) electrons. The predicted octanol–water partition coefficient (Wildman–Crippen LogP) is 5.84. The van der Waals surface area contributed by atoms with E-state index < -0.39 is 28.5 Å². The molecule has 0 saturated heterocycles. The lowest BCUT2D eigenvalue weighted by atomic mass is 10.1. The van der Waals surface area contributed by atoms with Gasteiger partial charge in [-0.3, -0.25) is 13.9 Å². The molecule has 0 unspecified atom stereocenters. The molecule has 3 aromatic carbocycles. The van der Waals surface area contributed by atoms with E-state index in [-0.39, 0.29) is 39.8 Å². The minimum absolute atomic E-state index is 0.00950. The van der Waals surface area contributed by atoms with Crippen molar-refractivity contribution in [2.24, 2.45) is 0 Å². The first-order chi connectivity index (χ1) is 19.4. The van der Waals surface area contributed by atoms with Crippen LogP contribution in [-0.4, -0.2) is 50.9 Å². The average Bonchev–Trinajstić information content (AvgIpc) is 2.95. The fourth-order valence-electron chi connectivity index (χ4n) is 4.04. The Morgan fingerprint density at radius 3 is 2.15 bits per heavy atom. The SMILES string of the molecule is CC[C@H](C)NC(=O)[C@@H](C)N(Cc1ccc(Cl)cc1)C(=O)CN(c1cc(Cl)ccc1OC)S(=O)(=O)c1ccc(C)cc1. The number of halogens is 2. The molecule has 2 amide bonds. The van der Waals surface area contributed by atoms with Gasteiger partial charge in [0.05, 0.1) is 17.7 Å². The molecule has 8 nitrogen and oxygen atoms in total. The summed E-state index contributed by atoms with van der Waals surface area (Å²) in [5.74, 6) is -0.732. The molecule has 220 valence electrons. The maximum absolute atomic E-state index is 14.1. The van der Waals surface area contributed by atoms with Crippen LogP contribution in [0.2, 0.25) is 10.0 Å². The van der Waals surface area contributed by atoms with E-state index in [1.54, 1.807) is 49.4 Å². The zero-order chi connectivity index (χ0) is 30.3. The third-order valence-electron chi connectivity index (χ3n) is 6.73. The van der Waals surface area contributed by atoms with Crippen LogP contribution in [0, 0.1) is 6.92 Å². The van der Waals surface area contributed by atoms with Crippen LogP contribution in [0.3, 0.4) is 0 Å². The number of aryl methyl sites for hydroxylation is 1. The van der Waals surface area contributed by atoms with Crippen molar-refractivity contribution in [3.05, 3.63) is 87.9 Å². The molecule has 0 aromatic heterocycles. The lowest BCUT2D eigenvalue weighted by molar-refractivity contribution is -0.139. The van der Waals surface area contributed by atoms with Gasteiger partial charge in [-0.2, -0.15) is 0 Å². The molecular weight excluding hydrogens is 585 g/mol. The predicted molar refractivity (Wildman–Crippen MR) is 163 cm³/mol. The zero-order valence-electron chi connectivity index (χ0n) is 23.7. The largest absolute Gasteiger partial charge is 0.495 e. The van der Waals surface area contributed by atoms with Gasteiger partial charge in [0.25, 0.3) is 10.0 Å². The van der Waals surface area contributed by atoms with Crippen molar-refractivity contribution in [3.8, 4) is 5.75 Å². The van der Waals surface area contributed by atoms with Crippen LogP contribution in [0.5, 0.6) is 5.75 Å². The van der Waals surface area contributed by atoms with E-state index in [0.29, 0.717) is 11.4 Å². The first kappa shape index (κ1) is 32.2. The topological polar surface area (TPSA) is 96.0 Å². The molecule has 0 aliphatic carbocycles. The standard InChI is InChI=1S/C30H35Cl2N3O5S/c1-6-21(3)33-30(37)22(4)34(18-23-9-11-24(31)12-10-23)29(36)19-35(27-17-25(32)13-16-28(27)40-5)41(38,39)26-14-7-20(2)8-15-26/h7-17,21-22H,6,18-19H2,1-5H3,(H,33,37)/t21-,22+/m0/s1. The lowest BCUT2D eigenvalue weighted by Crippen LogP contribution is -2.52. The summed E-state index contributed by atoms with van der Waals surface area (Å²) in [5, 5.41) is 3.69. The molecule has 0 heterocycles. The Labute approximate surface area is 252 Å². The van der Waals surface area contributed by atoms with Gasteiger partial charge in [0.15, 0.2) is 0 Å². The smallest absolute Gasteiger partial charge is 0.264 e. The van der Waals surface area contributed by atoms with Gasteiger partial charge in [-0.15, -0.1) is 0 Å². The quantitative estimate of drug-likeness (QED) is 0.275. The Balaban J connectivity index is 2.09. The molecule has 11 heteroatoms. The molecule has 2 atom stereocenters. The third-order valence-corrected chi connectivity index (χ3v) is 8.99. The number of benzene rings is 3. The van der Waals surface area contributed by atoms with Crippen molar-refractivity contribution in [1.82, 2.24) is 10.2 Å². The molecule has 3 aromatic rings. The molecule has 0 bridgehead atoms. The fourth-order valence-corrected chi connectivity index (χ4v) is 5.75. The number of nitrogens with one attached hydrogen (secondary N) is 1. The lowest BCUT2D eigenvalue weighted by Gasteiger charge is -2.33. The first-order valence-electron chi connectivity index (χ1n) is 13.1. The Morgan fingerprint density at radius 1 is 0.951 bits per heavy atom. The number of methoxy groups -OCH3 is 1. The number of ether oxygens (including phenoxy) is 1. The van der Waals surface area contributed by atoms with E-state index in [4.69, 9.17) is 27.9 Å². The number of hydrogen-bond donors (Lipinski definition) is 1. The van der Waals surface area contributed by atoms with E-state index in [1.807, 2.05) is 20.8 Å². The van der Waals surface area contributed by atoms with Crippen LogP contribution in [0.1, 0.15) is 38.3 Å². The van der Waals surface area contributed by atoms with E-state index in [0.717, 1.165) is 15.4 Å². The van der Waals surface area contributed by atoms with E-state index in [9.17, 15) is 18.0 Å². The minimum atomic E-state index is -4.27. The van der Waals surface area contributed by atoms with Crippen molar-refractivity contribution >= 4 is 50.7 Å². The maximum Gasteiger partial charge on any atom is 0.264 e. The van der Waals surface area contributed by atoms with Gasteiger partial charge in [0, 0.05) is 22.6 Å². The van der Waals surface area contributed by atoms with Gasteiger partial charge in [-0.1, -0.05) is 60.0 Å².